The highest BCUT2D eigenvalue weighted by atomic mass is 32.2. The minimum absolute atomic E-state index is 0.0462. The molecule has 2 aliphatic rings. The number of hydrogen-bond donors (Lipinski definition) is 2. The van der Waals surface area contributed by atoms with Gasteiger partial charge in [-0.1, -0.05) is 24.3 Å². The van der Waals surface area contributed by atoms with Crippen LogP contribution >= 0.6 is 0 Å². The van der Waals surface area contributed by atoms with Gasteiger partial charge in [-0.05, 0) is 37.6 Å². The zero-order valence-corrected chi connectivity index (χ0v) is 15.5. The van der Waals surface area contributed by atoms with E-state index in [1.54, 1.807) is 12.1 Å². The number of nitrogens with one attached hydrogen (secondary N) is 2. The number of carbonyl (C=O) groups excluding carboxylic acids is 2. The van der Waals surface area contributed by atoms with Gasteiger partial charge in [0.15, 0.2) is 5.78 Å². The van der Waals surface area contributed by atoms with E-state index >= 15 is 0 Å². The lowest BCUT2D eigenvalue weighted by Crippen LogP contribution is -2.44. The molecule has 2 aliphatic heterocycles. The summed E-state index contributed by atoms with van der Waals surface area (Å²) in [6.07, 6.45) is 0.381. The number of rotatable bonds is 4. The Bertz CT molecular complexity index is 1030. The Kier molecular flexibility index (Phi) is 4.24. The van der Waals surface area contributed by atoms with Crippen LogP contribution in [0.4, 0.5) is 11.4 Å². The Morgan fingerprint density at radius 3 is 2.74 bits per heavy atom. The van der Waals surface area contributed by atoms with Crippen molar-refractivity contribution in [1.29, 1.82) is 0 Å². The lowest BCUT2D eigenvalue weighted by Gasteiger charge is -2.32. The van der Waals surface area contributed by atoms with Crippen molar-refractivity contribution in [2.24, 2.45) is 0 Å². The molecule has 1 saturated heterocycles. The van der Waals surface area contributed by atoms with Gasteiger partial charge in [0.25, 0.3) is 0 Å². The number of Topliss-reactive ketones (excluding diaryl/α,β-unsaturated/α-hetero) is 1. The van der Waals surface area contributed by atoms with Crippen LogP contribution < -0.4 is 14.9 Å². The number of nitrogens with zero attached hydrogens (tertiary/aromatic N) is 1. The maximum Gasteiger partial charge on any atom is 0.247 e. The van der Waals surface area contributed by atoms with Crippen LogP contribution in [-0.2, 0) is 14.8 Å². The first kappa shape index (κ1) is 17.7. The van der Waals surface area contributed by atoms with Gasteiger partial charge in [0.2, 0.25) is 15.9 Å². The summed E-state index contributed by atoms with van der Waals surface area (Å²) in [5.74, 6) is -0.327. The molecule has 0 spiro atoms. The fraction of sp³-hybridized carbons (Fsp3) is 0.263. The third kappa shape index (κ3) is 3.22. The summed E-state index contributed by atoms with van der Waals surface area (Å²) < 4.78 is 28.2. The van der Waals surface area contributed by atoms with E-state index < -0.39 is 22.1 Å². The first-order valence-electron chi connectivity index (χ1n) is 8.65. The molecule has 27 heavy (non-hydrogen) atoms. The van der Waals surface area contributed by atoms with Gasteiger partial charge in [0.05, 0.1) is 16.3 Å². The molecule has 2 aromatic carbocycles. The summed E-state index contributed by atoms with van der Waals surface area (Å²) in [6, 6.07) is 12.6. The molecule has 2 aromatic rings. The second-order valence-electron chi connectivity index (χ2n) is 6.81. The molecule has 8 heteroatoms. The fourth-order valence-electron chi connectivity index (χ4n) is 3.65. The molecule has 0 bridgehead atoms. The van der Waals surface area contributed by atoms with Gasteiger partial charge in [0, 0.05) is 18.2 Å². The molecule has 0 aliphatic carbocycles. The maximum absolute atomic E-state index is 12.8. The topological polar surface area (TPSA) is 95.6 Å². The van der Waals surface area contributed by atoms with Crippen LogP contribution in [0.5, 0.6) is 0 Å². The van der Waals surface area contributed by atoms with Crippen molar-refractivity contribution in [3.63, 3.8) is 0 Å². The first-order chi connectivity index (χ1) is 12.8. The zero-order chi connectivity index (χ0) is 19.2. The Morgan fingerprint density at radius 2 is 1.96 bits per heavy atom. The quantitative estimate of drug-likeness (QED) is 0.782. The van der Waals surface area contributed by atoms with Crippen molar-refractivity contribution < 1.29 is 18.0 Å². The van der Waals surface area contributed by atoms with Crippen molar-refractivity contribution in [1.82, 2.24) is 4.72 Å². The molecule has 2 heterocycles. The average molecular weight is 385 g/mol. The van der Waals surface area contributed by atoms with Gasteiger partial charge in [0.1, 0.15) is 6.04 Å². The van der Waals surface area contributed by atoms with Gasteiger partial charge >= 0.3 is 0 Å². The van der Waals surface area contributed by atoms with Crippen LogP contribution in [0.25, 0.3) is 0 Å². The minimum Gasteiger partial charge on any atom is -0.356 e. The van der Waals surface area contributed by atoms with E-state index in [1.807, 2.05) is 29.2 Å². The minimum atomic E-state index is -3.80. The third-order valence-corrected chi connectivity index (χ3v) is 6.47. The van der Waals surface area contributed by atoms with Crippen molar-refractivity contribution in [3.8, 4) is 0 Å². The number of para-hydroxylation sites is 2. The van der Waals surface area contributed by atoms with Gasteiger partial charge in [-0.25, -0.2) is 13.1 Å². The standard InChI is InChI=1S/C19H19N3O4S/c1-12(23)13-5-4-6-15(9-13)27(25,26)21-14-10-18-19(24)20-16-7-2-3-8-17(16)22(18)11-14/h2-9,14,18,21H,10-11H2,1H3,(H,20,24). The number of anilines is 2. The summed E-state index contributed by atoms with van der Waals surface area (Å²) in [6.45, 7) is 1.80. The predicted octanol–water partition coefficient (Wildman–Crippen LogP) is 1.77. The number of ketones is 1. The van der Waals surface area contributed by atoms with Crippen LogP contribution in [0.15, 0.2) is 53.4 Å². The molecule has 0 radical (unpaired) electrons. The van der Waals surface area contributed by atoms with Crippen molar-refractivity contribution in [2.45, 2.75) is 30.3 Å². The van der Waals surface area contributed by atoms with Crippen LogP contribution in [-0.4, -0.2) is 38.7 Å². The monoisotopic (exact) mass is 385 g/mol. The number of hydrogen-bond acceptors (Lipinski definition) is 5. The maximum atomic E-state index is 12.8. The Hall–Kier alpha value is -2.71. The number of fused-ring (bicyclic) bond motifs is 3. The molecule has 4 rings (SSSR count). The number of carbonyl (C=O) groups is 2. The zero-order valence-electron chi connectivity index (χ0n) is 14.7. The molecule has 140 valence electrons. The number of amides is 1. The second-order valence-corrected chi connectivity index (χ2v) is 8.53. The normalized spacial score (nSPS) is 21.4. The number of benzene rings is 2. The van der Waals surface area contributed by atoms with E-state index in [1.165, 1.54) is 19.1 Å². The van der Waals surface area contributed by atoms with E-state index in [9.17, 15) is 18.0 Å². The molecule has 1 amide bonds. The summed E-state index contributed by atoms with van der Waals surface area (Å²) in [4.78, 5) is 25.9. The van der Waals surface area contributed by atoms with Crippen molar-refractivity contribution in [3.05, 3.63) is 54.1 Å². The highest BCUT2D eigenvalue weighted by Crippen LogP contribution is 2.36. The second kappa shape index (κ2) is 6.47. The van der Waals surface area contributed by atoms with Crippen molar-refractivity contribution in [2.75, 3.05) is 16.8 Å². The molecule has 7 nitrogen and oxygen atoms in total. The SMILES string of the molecule is CC(=O)c1cccc(S(=O)(=O)NC2CC3C(=O)Nc4ccccc4N3C2)c1. The van der Waals surface area contributed by atoms with Crippen LogP contribution in [0.1, 0.15) is 23.7 Å². The molecule has 2 N–H and O–H groups in total. The van der Waals surface area contributed by atoms with E-state index in [0.717, 1.165) is 11.4 Å². The lowest BCUT2D eigenvalue weighted by atomic mass is 10.1. The molecule has 1 fully saturated rings. The first-order valence-corrected chi connectivity index (χ1v) is 10.1. The van der Waals surface area contributed by atoms with Crippen LogP contribution in [0.3, 0.4) is 0 Å². The van der Waals surface area contributed by atoms with Crippen molar-refractivity contribution >= 4 is 33.1 Å². The smallest absolute Gasteiger partial charge is 0.247 e. The van der Waals surface area contributed by atoms with Crippen LogP contribution in [0, 0.1) is 0 Å². The molecular formula is C19H19N3O4S. The molecule has 0 saturated carbocycles. The van der Waals surface area contributed by atoms with Gasteiger partial charge in [-0.15, -0.1) is 0 Å². The van der Waals surface area contributed by atoms with Crippen LogP contribution in [0.2, 0.25) is 0 Å². The van der Waals surface area contributed by atoms with E-state index in [2.05, 4.69) is 10.0 Å². The predicted molar refractivity (Wildman–Crippen MR) is 101 cm³/mol. The van der Waals surface area contributed by atoms with Gasteiger partial charge in [-0.3, -0.25) is 9.59 Å². The number of sulfonamides is 1. The summed E-state index contributed by atoms with van der Waals surface area (Å²) in [5.41, 5.74) is 1.97. The van der Waals surface area contributed by atoms with Gasteiger partial charge < -0.3 is 10.2 Å². The highest BCUT2D eigenvalue weighted by Gasteiger charge is 2.42. The molecule has 2 unspecified atom stereocenters. The third-order valence-electron chi connectivity index (χ3n) is 4.95. The van der Waals surface area contributed by atoms with E-state index in [4.69, 9.17) is 0 Å². The molecule has 0 aromatic heterocycles. The Morgan fingerprint density at radius 1 is 1.19 bits per heavy atom. The summed E-state index contributed by atoms with van der Waals surface area (Å²) in [7, 11) is -3.80. The summed E-state index contributed by atoms with van der Waals surface area (Å²) in [5, 5.41) is 2.87. The largest absolute Gasteiger partial charge is 0.356 e. The lowest BCUT2D eigenvalue weighted by molar-refractivity contribution is -0.117. The van der Waals surface area contributed by atoms with Gasteiger partial charge in [-0.2, -0.15) is 0 Å². The van der Waals surface area contributed by atoms with E-state index in [0.29, 0.717) is 18.5 Å². The molecular weight excluding hydrogens is 366 g/mol. The molecule has 2 atom stereocenters. The summed E-state index contributed by atoms with van der Waals surface area (Å²) >= 11 is 0. The Balaban J connectivity index is 1.57. The van der Waals surface area contributed by atoms with E-state index in [-0.39, 0.29) is 16.6 Å². The fourth-order valence-corrected chi connectivity index (χ4v) is 4.94. The highest BCUT2D eigenvalue weighted by molar-refractivity contribution is 7.89. The Labute approximate surface area is 157 Å². The average Bonchev–Trinajstić information content (AvgIpc) is 3.06.